The monoisotopic (exact) mass is 349 g/mol. The van der Waals surface area contributed by atoms with Gasteiger partial charge in [-0.25, -0.2) is 14.5 Å². The molecule has 0 radical (unpaired) electrons. The molecule has 6 nitrogen and oxygen atoms in total. The first-order valence-corrected chi connectivity index (χ1v) is 8.19. The van der Waals surface area contributed by atoms with E-state index in [1.807, 2.05) is 32.9 Å². The quantitative estimate of drug-likeness (QED) is 0.522. The number of ketones is 1. The van der Waals surface area contributed by atoms with Crippen LogP contribution in [0, 0.1) is 20.8 Å². The lowest BCUT2D eigenvalue weighted by Gasteiger charge is -2.11. The van der Waals surface area contributed by atoms with E-state index in [2.05, 4.69) is 10.1 Å². The molecular weight excluding hydrogens is 330 g/mol. The highest BCUT2D eigenvalue weighted by Gasteiger charge is 2.16. The van der Waals surface area contributed by atoms with Gasteiger partial charge in [-0.15, -0.1) is 0 Å². The Labute approximate surface area is 151 Å². The molecule has 3 aromatic rings. The molecule has 0 unspecified atom stereocenters. The molecule has 3 rings (SSSR count). The van der Waals surface area contributed by atoms with E-state index < -0.39 is 5.97 Å². The predicted molar refractivity (Wildman–Crippen MR) is 96.6 cm³/mol. The predicted octanol–water partition coefficient (Wildman–Crippen LogP) is 3.23. The van der Waals surface area contributed by atoms with Crippen molar-refractivity contribution in [3.05, 3.63) is 76.9 Å². The Morgan fingerprint density at radius 2 is 1.69 bits per heavy atom. The van der Waals surface area contributed by atoms with Gasteiger partial charge in [-0.1, -0.05) is 17.7 Å². The van der Waals surface area contributed by atoms with E-state index in [0.29, 0.717) is 11.1 Å². The Morgan fingerprint density at radius 3 is 2.27 bits per heavy atom. The van der Waals surface area contributed by atoms with Crippen molar-refractivity contribution < 1.29 is 14.3 Å². The fourth-order valence-corrected chi connectivity index (χ4v) is 3.00. The zero-order valence-corrected chi connectivity index (χ0v) is 14.9. The van der Waals surface area contributed by atoms with E-state index in [1.54, 1.807) is 35.3 Å². The highest BCUT2D eigenvalue weighted by atomic mass is 16.5. The summed E-state index contributed by atoms with van der Waals surface area (Å²) in [5.41, 5.74) is 4.65. The molecule has 0 amide bonds. The number of rotatable bonds is 5. The highest BCUT2D eigenvalue weighted by molar-refractivity contribution is 6.01. The third-order valence-electron chi connectivity index (χ3n) is 4.08. The Kier molecular flexibility index (Phi) is 4.93. The third kappa shape index (κ3) is 3.69. The van der Waals surface area contributed by atoms with E-state index in [9.17, 15) is 9.59 Å². The van der Waals surface area contributed by atoms with Crippen LogP contribution in [-0.4, -0.2) is 33.1 Å². The van der Waals surface area contributed by atoms with Crippen LogP contribution in [0.25, 0.3) is 5.69 Å². The largest absolute Gasteiger partial charge is 0.454 e. The molecule has 132 valence electrons. The lowest BCUT2D eigenvalue weighted by atomic mass is 9.97. The average molecular weight is 349 g/mol. The van der Waals surface area contributed by atoms with Crippen LogP contribution < -0.4 is 0 Å². The molecule has 1 aromatic heterocycles. The van der Waals surface area contributed by atoms with Crippen LogP contribution in [0.2, 0.25) is 0 Å². The number of benzene rings is 2. The number of carbonyl (C=O) groups is 2. The first kappa shape index (κ1) is 17.5. The fraction of sp³-hybridized carbons (Fsp3) is 0.200. The smallest absolute Gasteiger partial charge is 0.338 e. The fourth-order valence-electron chi connectivity index (χ4n) is 3.00. The maximum Gasteiger partial charge on any atom is 0.338 e. The second-order valence-corrected chi connectivity index (χ2v) is 6.16. The van der Waals surface area contributed by atoms with Crippen LogP contribution in [0.3, 0.4) is 0 Å². The first-order chi connectivity index (χ1) is 12.5. The highest BCUT2D eigenvalue weighted by Crippen LogP contribution is 2.17. The van der Waals surface area contributed by atoms with Gasteiger partial charge in [0.1, 0.15) is 12.7 Å². The number of nitrogens with zero attached hydrogens (tertiary/aromatic N) is 3. The van der Waals surface area contributed by atoms with E-state index in [-0.39, 0.29) is 12.4 Å². The van der Waals surface area contributed by atoms with Gasteiger partial charge >= 0.3 is 5.97 Å². The lowest BCUT2D eigenvalue weighted by Crippen LogP contribution is -2.16. The van der Waals surface area contributed by atoms with Crippen molar-refractivity contribution in [2.45, 2.75) is 20.8 Å². The van der Waals surface area contributed by atoms with E-state index in [0.717, 1.165) is 22.4 Å². The van der Waals surface area contributed by atoms with Crippen molar-refractivity contribution in [3.63, 3.8) is 0 Å². The molecule has 0 bridgehead atoms. The lowest BCUT2D eigenvalue weighted by molar-refractivity contribution is 0.0474. The van der Waals surface area contributed by atoms with Crippen LogP contribution in [0.4, 0.5) is 0 Å². The summed E-state index contributed by atoms with van der Waals surface area (Å²) in [4.78, 5) is 28.5. The zero-order chi connectivity index (χ0) is 18.7. The number of esters is 1. The minimum absolute atomic E-state index is 0.201. The van der Waals surface area contributed by atoms with Crippen molar-refractivity contribution in [2.24, 2.45) is 0 Å². The Bertz CT molecular complexity index is 922. The van der Waals surface area contributed by atoms with Gasteiger partial charge in [-0.05, 0) is 56.2 Å². The average Bonchev–Trinajstić information content (AvgIpc) is 3.13. The van der Waals surface area contributed by atoms with E-state index in [1.165, 1.54) is 6.33 Å². The van der Waals surface area contributed by atoms with Crippen LogP contribution in [0.1, 0.15) is 37.4 Å². The maximum atomic E-state index is 12.4. The molecule has 0 aliphatic carbocycles. The summed E-state index contributed by atoms with van der Waals surface area (Å²) in [6, 6.07) is 10.6. The summed E-state index contributed by atoms with van der Waals surface area (Å²) >= 11 is 0. The Hall–Kier alpha value is -3.28. The van der Waals surface area contributed by atoms with Gasteiger partial charge in [0.15, 0.2) is 6.61 Å². The molecule has 0 spiro atoms. The summed E-state index contributed by atoms with van der Waals surface area (Å²) in [6.45, 7) is 5.47. The Morgan fingerprint density at radius 1 is 1.04 bits per heavy atom. The Balaban J connectivity index is 1.66. The SMILES string of the molecule is Cc1cc(C)c(C(=O)COC(=O)c2ccc(-n3cncn3)cc2)c(C)c1. The number of hydrogen-bond acceptors (Lipinski definition) is 5. The molecule has 6 heteroatoms. The van der Waals surface area contributed by atoms with Crippen LogP contribution in [0.5, 0.6) is 0 Å². The molecule has 26 heavy (non-hydrogen) atoms. The normalized spacial score (nSPS) is 10.6. The van der Waals surface area contributed by atoms with Crippen LogP contribution in [-0.2, 0) is 4.74 Å². The maximum absolute atomic E-state index is 12.4. The van der Waals surface area contributed by atoms with Gasteiger partial charge in [0.05, 0.1) is 11.3 Å². The molecule has 0 fully saturated rings. The van der Waals surface area contributed by atoms with Crippen molar-refractivity contribution in [3.8, 4) is 5.69 Å². The molecular formula is C20H19N3O3. The standard InChI is InChI=1S/C20H19N3O3/c1-13-8-14(2)19(15(3)9-13)18(24)10-26-20(25)16-4-6-17(7-5-16)23-12-21-11-22-23/h4-9,11-12H,10H2,1-3H3. The van der Waals surface area contributed by atoms with E-state index in [4.69, 9.17) is 4.74 Å². The van der Waals surface area contributed by atoms with Crippen molar-refractivity contribution in [2.75, 3.05) is 6.61 Å². The summed E-state index contributed by atoms with van der Waals surface area (Å²) in [5, 5.41) is 4.02. The summed E-state index contributed by atoms with van der Waals surface area (Å²) in [6.07, 6.45) is 3.00. The molecule has 0 aliphatic heterocycles. The molecule has 1 heterocycles. The summed E-state index contributed by atoms with van der Waals surface area (Å²) in [5.74, 6) is -0.738. The summed E-state index contributed by atoms with van der Waals surface area (Å²) in [7, 11) is 0. The van der Waals surface area contributed by atoms with Gasteiger partial charge in [-0.2, -0.15) is 5.10 Å². The molecule has 2 aromatic carbocycles. The topological polar surface area (TPSA) is 74.1 Å². The third-order valence-corrected chi connectivity index (χ3v) is 4.08. The van der Waals surface area contributed by atoms with Gasteiger partial charge in [0.25, 0.3) is 0 Å². The number of aromatic nitrogens is 3. The minimum atomic E-state index is -0.536. The number of carbonyl (C=O) groups excluding carboxylic acids is 2. The zero-order valence-electron chi connectivity index (χ0n) is 14.9. The van der Waals surface area contributed by atoms with Crippen LogP contribution in [0.15, 0.2) is 49.1 Å². The van der Waals surface area contributed by atoms with Crippen molar-refractivity contribution >= 4 is 11.8 Å². The minimum Gasteiger partial charge on any atom is -0.454 e. The number of ether oxygens (including phenoxy) is 1. The molecule has 0 saturated heterocycles. The molecule has 0 atom stereocenters. The van der Waals surface area contributed by atoms with Gasteiger partial charge in [0, 0.05) is 5.56 Å². The first-order valence-electron chi connectivity index (χ1n) is 8.19. The second-order valence-electron chi connectivity index (χ2n) is 6.16. The molecule has 0 N–H and O–H groups in total. The number of aryl methyl sites for hydroxylation is 3. The molecule has 0 aliphatic rings. The van der Waals surface area contributed by atoms with Gasteiger partial charge in [0.2, 0.25) is 5.78 Å². The van der Waals surface area contributed by atoms with E-state index >= 15 is 0 Å². The molecule has 0 saturated carbocycles. The van der Waals surface area contributed by atoms with Gasteiger partial charge in [-0.3, -0.25) is 4.79 Å². The van der Waals surface area contributed by atoms with Crippen LogP contribution >= 0.6 is 0 Å². The summed E-state index contributed by atoms with van der Waals surface area (Å²) < 4.78 is 6.78. The van der Waals surface area contributed by atoms with Crippen molar-refractivity contribution in [1.29, 1.82) is 0 Å². The number of hydrogen-bond donors (Lipinski definition) is 0. The second kappa shape index (κ2) is 7.31. The van der Waals surface area contributed by atoms with Gasteiger partial charge < -0.3 is 4.74 Å². The van der Waals surface area contributed by atoms with Crippen molar-refractivity contribution in [1.82, 2.24) is 14.8 Å². The number of Topliss-reactive ketones (excluding diaryl/α,β-unsaturated/α-hetero) is 1.